The lowest BCUT2D eigenvalue weighted by atomic mass is 10.1. The van der Waals surface area contributed by atoms with Crippen LogP contribution in [0.15, 0.2) is 0 Å². The predicted molar refractivity (Wildman–Crippen MR) is 51.4 cm³/mol. The molecule has 2 unspecified atom stereocenters. The van der Waals surface area contributed by atoms with Crippen LogP contribution < -0.4 is 0 Å². The highest BCUT2D eigenvalue weighted by Gasteiger charge is 2.35. The van der Waals surface area contributed by atoms with Crippen LogP contribution in [0.4, 0.5) is 0 Å². The predicted octanol–water partition coefficient (Wildman–Crippen LogP) is 0.701. The Balaban J connectivity index is 2.07. The van der Waals surface area contributed by atoms with Gasteiger partial charge in [-0.2, -0.15) is 0 Å². The molecule has 0 aromatic heterocycles. The SMILES string of the molecule is CCN1CCC2CCC(C1)N2C=O. The number of nitrogens with zero attached hydrogens (tertiary/aromatic N) is 2. The van der Waals surface area contributed by atoms with Crippen molar-refractivity contribution in [1.82, 2.24) is 9.80 Å². The van der Waals surface area contributed by atoms with E-state index in [2.05, 4.69) is 16.7 Å². The Morgan fingerprint density at radius 2 is 2.08 bits per heavy atom. The zero-order valence-electron chi connectivity index (χ0n) is 8.28. The zero-order chi connectivity index (χ0) is 9.26. The van der Waals surface area contributed by atoms with Gasteiger partial charge in [0, 0.05) is 25.2 Å². The molecule has 0 aromatic rings. The van der Waals surface area contributed by atoms with Gasteiger partial charge in [0.2, 0.25) is 6.41 Å². The van der Waals surface area contributed by atoms with Crippen molar-refractivity contribution < 1.29 is 4.79 Å². The third-order valence-electron chi connectivity index (χ3n) is 3.49. The molecule has 2 fully saturated rings. The van der Waals surface area contributed by atoms with E-state index in [1.807, 2.05) is 0 Å². The first-order valence-corrected chi connectivity index (χ1v) is 5.30. The summed E-state index contributed by atoms with van der Waals surface area (Å²) >= 11 is 0. The molecule has 0 radical (unpaired) electrons. The second-order valence-corrected chi connectivity index (χ2v) is 4.12. The summed E-state index contributed by atoms with van der Waals surface area (Å²) in [5, 5.41) is 0. The lowest BCUT2D eigenvalue weighted by Gasteiger charge is -2.24. The van der Waals surface area contributed by atoms with Crippen LogP contribution in [0.1, 0.15) is 26.2 Å². The third kappa shape index (κ3) is 1.57. The normalized spacial score (nSPS) is 34.7. The van der Waals surface area contributed by atoms with Gasteiger partial charge in [0.15, 0.2) is 0 Å². The summed E-state index contributed by atoms with van der Waals surface area (Å²) in [5.74, 6) is 0. The number of likely N-dealkylation sites (tertiary alicyclic amines) is 1. The summed E-state index contributed by atoms with van der Waals surface area (Å²) in [6.07, 6.45) is 4.66. The maximum Gasteiger partial charge on any atom is 0.210 e. The van der Waals surface area contributed by atoms with Gasteiger partial charge in [0.05, 0.1) is 0 Å². The standard InChI is InChI=1S/C10H18N2O/c1-2-11-6-5-9-3-4-10(7-11)12(9)8-13/h8-10H,2-7H2,1H3. The zero-order valence-corrected chi connectivity index (χ0v) is 8.28. The molecule has 3 nitrogen and oxygen atoms in total. The Labute approximate surface area is 79.7 Å². The Morgan fingerprint density at radius 3 is 2.77 bits per heavy atom. The number of rotatable bonds is 2. The second-order valence-electron chi connectivity index (χ2n) is 4.12. The number of carbonyl (C=O) groups is 1. The monoisotopic (exact) mass is 182 g/mol. The van der Waals surface area contributed by atoms with E-state index in [0.717, 1.165) is 19.5 Å². The summed E-state index contributed by atoms with van der Waals surface area (Å²) < 4.78 is 0. The van der Waals surface area contributed by atoms with Gasteiger partial charge in [-0.1, -0.05) is 6.92 Å². The minimum Gasteiger partial charge on any atom is -0.338 e. The maximum atomic E-state index is 10.9. The van der Waals surface area contributed by atoms with Crippen molar-refractivity contribution in [1.29, 1.82) is 0 Å². The molecule has 2 aliphatic heterocycles. The molecule has 74 valence electrons. The van der Waals surface area contributed by atoms with Crippen LogP contribution in [-0.2, 0) is 4.79 Å². The van der Waals surface area contributed by atoms with E-state index in [0.29, 0.717) is 12.1 Å². The Morgan fingerprint density at radius 1 is 1.31 bits per heavy atom. The van der Waals surface area contributed by atoms with E-state index >= 15 is 0 Å². The average Bonchev–Trinajstić information content (AvgIpc) is 2.41. The number of likely N-dealkylation sites (N-methyl/N-ethyl adjacent to an activating group) is 1. The smallest absolute Gasteiger partial charge is 0.210 e. The van der Waals surface area contributed by atoms with Crippen molar-refractivity contribution in [3.63, 3.8) is 0 Å². The number of amides is 1. The molecule has 2 rings (SSSR count). The van der Waals surface area contributed by atoms with Gasteiger partial charge in [-0.25, -0.2) is 0 Å². The second kappa shape index (κ2) is 3.66. The van der Waals surface area contributed by atoms with Gasteiger partial charge < -0.3 is 9.80 Å². The minimum absolute atomic E-state index is 0.505. The van der Waals surface area contributed by atoms with Crippen molar-refractivity contribution in [3.8, 4) is 0 Å². The molecule has 2 heterocycles. The fourth-order valence-electron chi connectivity index (χ4n) is 2.64. The van der Waals surface area contributed by atoms with Crippen LogP contribution in [0.2, 0.25) is 0 Å². The van der Waals surface area contributed by atoms with Crippen molar-refractivity contribution in [3.05, 3.63) is 0 Å². The van der Waals surface area contributed by atoms with Gasteiger partial charge in [0.1, 0.15) is 0 Å². The number of carbonyl (C=O) groups excluding carboxylic acids is 1. The number of hydrogen-bond acceptors (Lipinski definition) is 2. The van der Waals surface area contributed by atoms with Gasteiger partial charge in [-0.05, 0) is 25.8 Å². The largest absolute Gasteiger partial charge is 0.338 e. The molecule has 0 spiro atoms. The van der Waals surface area contributed by atoms with E-state index in [1.165, 1.54) is 25.8 Å². The maximum absolute atomic E-state index is 10.9. The summed E-state index contributed by atoms with van der Waals surface area (Å²) in [7, 11) is 0. The van der Waals surface area contributed by atoms with Crippen LogP contribution >= 0.6 is 0 Å². The highest BCUT2D eigenvalue weighted by Crippen LogP contribution is 2.28. The molecular formula is C10H18N2O. The Hall–Kier alpha value is -0.570. The topological polar surface area (TPSA) is 23.6 Å². The van der Waals surface area contributed by atoms with E-state index < -0.39 is 0 Å². The van der Waals surface area contributed by atoms with Gasteiger partial charge in [-0.3, -0.25) is 4.79 Å². The molecule has 2 bridgehead atoms. The molecule has 0 saturated carbocycles. The first kappa shape index (κ1) is 9.00. The van der Waals surface area contributed by atoms with Crippen LogP contribution in [0.5, 0.6) is 0 Å². The van der Waals surface area contributed by atoms with Gasteiger partial charge in [0.25, 0.3) is 0 Å². The summed E-state index contributed by atoms with van der Waals surface area (Å²) in [4.78, 5) is 15.4. The first-order chi connectivity index (χ1) is 6.35. The van der Waals surface area contributed by atoms with Crippen molar-refractivity contribution in [2.45, 2.75) is 38.3 Å². The first-order valence-electron chi connectivity index (χ1n) is 5.30. The lowest BCUT2D eigenvalue weighted by Crippen LogP contribution is -2.38. The van der Waals surface area contributed by atoms with Crippen LogP contribution in [-0.4, -0.2) is 47.9 Å². The number of fused-ring (bicyclic) bond motifs is 2. The fourth-order valence-corrected chi connectivity index (χ4v) is 2.64. The molecule has 0 aromatic carbocycles. The van der Waals surface area contributed by atoms with Crippen molar-refractivity contribution in [2.24, 2.45) is 0 Å². The highest BCUT2D eigenvalue weighted by atomic mass is 16.1. The number of hydrogen-bond donors (Lipinski definition) is 0. The Bertz CT molecular complexity index is 195. The van der Waals surface area contributed by atoms with Gasteiger partial charge in [-0.15, -0.1) is 0 Å². The van der Waals surface area contributed by atoms with Crippen molar-refractivity contribution >= 4 is 6.41 Å². The van der Waals surface area contributed by atoms with E-state index in [9.17, 15) is 4.79 Å². The summed E-state index contributed by atoms with van der Waals surface area (Å²) in [6.45, 7) is 5.58. The molecule has 13 heavy (non-hydrogen) atoms. The quantitative estimate of drug-likeness (QED) is 0.587. The average molecular weight is 182 g/mol. The van der Waals surface area contributed by atoms with Crippen LogP contribution in [0.25, 0.3) is 0 Å². The molecule has 2 saturated heterocycles. The van der Waals surface area contributed by atoms with Crippen LogP contribution in [0.3, 0.4) is 0 Å². The van der Waals surface area contributed by atoms with E-state index in [1.54, 1.807) is 0 Å². The summed E-state index contributed by atoms with van der Waals surface area (Å²) in [6, 6.07) is 1.05. The molecular weight excluding hydrogens is 164 g/mol. The molecule has 0 N–H and O–H groups in total. The molecule has 3 heteroatoms. The van der Waals surface area contributed by atoms with E-state index in [4.69, 9.17) is 0 Å². The lowest BCUT2D eigenvalue weighted by molar-refractivity contribution is -0.120. The minimum atomic E-state index is 0.505. The molecule has 2 aliphatic rings. The van der Waals surface area contributed by atoms with Crippen molar-refractivity contribution in [2.75, 3.05) is 19.6 Å². The third-order valence-corrected chi connectivity index (χ3v) is 3.49. The molecule has 1 amide bonds. The highest BCUT2D eigenvalue weighted by molar-refractivity contribution is 5.49. The van der Waals surface area contributed by atoms with Crippen LogP contribution in [0, 0.1) is 0 Å². The Kier molecular flexibility index (Phi) is 2.54. The molecule has 0 aliphatic carbocycles. The molecule has 2 atom stereocenters. The summed E-state index contributed by atoms with van der Waals surface area (Å²) in [5.41, 5.74) is 0. The van der Waals surface area contributed by atoms with E-state index in [-0.39, 0.29) is 0 Å². The fraction of sp³-hybridized carbons (Fsp3) is 0.900. The van der Waals surface area contributed by atoms with Gasteiger partial charge >= 0.3 is 0 Å².